The Hall–Kier alpha value is -1.62. The van der Waals surface area contributed by atoms with Gasteiger partial charge in [0.15, 0.2) is 0 Å². The number of methoxy groups -OCH3 is 1. The van der Waals surface area contributed by atoms with Crippen molar-refractivity contribution in [1.82, 2.24) is 5.32 Å². The first-order valence-corrected chi connectivity index (χ1v) is 4.83. The van der Waals surface area contributed by atoms with Crippen LogP contribution in [-0.2, 0) is 11.3 Å². The van der Waals surface area contributed by atoms with Crippen LogP contribution in [0.3, 0.4) is 0 Å². The van der Waals surface area contributed by atoms with Gasteiger partial charge in [-0.25, -0.2) is 4.39 Å². The third kappa shape index (κ3) is 3.20. The van der Waals surface area contributed by atoms with Crippen LogP contribution in [0, 0.1) is 5.82 Å². The Bertz CT molecular complexity index is 381. The van der Waals surface area contributed by atoms with E-state index in [1.54, 1.807) is 12.1 Å². The molecule has 16 heavy (non-hydrogen) atoms. The van der Waals surface area contributed by atoms with Crippen molar-refractivity contribution in [3.63, 3.8) is 0 Å². The molecular formula is C11H14FNO3. The molecule has 2 N–H and O–H groups in total. The molecule has 0 aliphatic carbocycles. The third-order valence-electron chi connectivity index (χ3n) is 2.23. The van der Waals surface area contributed by atoms with Gasteiger partial charge in [0.1, 0.15) is 17.6 Å². The van der Waals surface area contributed by atoms with E-state index in [0.717, 1.165) is 0 Å². The summed E-state index contributed by atoms with van der Waals surface area (Å²) < 4.78 is 18.3. The van der Waals surface area contributed by atoms with Gasteiger partial charge in [0.2, 0.25) is 0 Å². The molecule has 1 atom stereocenters. The number of carbonyl (C=O) groups is 1. The largest absolute Gasteiger partial charge is 0.497 e. The molecule has 0 saturated heterocycles. The van der Waals surface area contributed by atoms with Crippen LogP contribution in [0.1, 0.15) is 12.5 Å². The van der Waals surface area contributed by atoms with E-state index in [2.05, 4.69) is 5.32 Å². The summed E-state index contributed by atoms with van der Waals surface area (Å²) >= 11 is 0. The van der Waals surface area contributed by atoms with Crippen LogP contribution in [0.4, 0.5) is 4.39 Å². The van der Waals surface area contributed by atoms with Crippen molar-refractivity contribution in [2.75, 3.05) is 7.11 Å². The number of aliphatic carboxylic acids is 1. The van der Waals surface area contributed by atoms with Crippen LogP contribution in [0.15, 0.2) is 18.2 Å². The Balaban J connectivity index is 2.64. The molecular weight excluding hydrogens is 213 g/mol. The van der Waals surface area contributed by atoms with Crippen molar-refractivity contribution in [3.8, 4) is 5.75 Å². The molecule has 0 amide bonds. The van der Waals surface area contributed by atoms with E-state index in [1.165, 1.54) is 20.1 Å². The van der Waals surface area contributed by atoms with Gasteiger partial charge in [0.25, 0.3) is 0 Å². The second kappa shape index (κ2) is 5.46. The maximum atomic E-state index is 13.4. The molecule has 5 heteroatoms. The fraction of sp³-hybridized carbons (Fsp3) is 0.364. The molecule has 0 aliphatic rings. The first kappa shape index (κ1) is 12.4. The number of hydrogen-bond donors (Lipinski definition) is 2. The SMILES string of the molecule is COc1ccc(CN[C@H](C)C(=O)O)c(F)c1. The van der Waals surface area contributed by atoms with Gasteiger partial charge in [-0.3, -0.25) is 4.79 Å². The van der Waals surface area contributed by atoms with Gasteiger partial charge in [-0.1, -0.05) is 6.07 Å². The topological polar surface area (TPSA) is 58.6 Å². The highest BCUT2D eigenvalue weighted by Gasteiger charge is 2.11. The van der Waals surface area contributed by atoms with Crippen LogP contribution in [0.2, 0.25) is 0 Å². The average molecular weight is 227 g/mol. The van der Waals surface area contributed by atoms with E-state index >= 15 is 0 Å². The van der Waals surface area contributed by atoms with E-state index in [9.17, 15) is 9.18 Å². The summed E-state index contributed by atoms with van der Waals surface area (Å²) in [7, 11) is 1.46. The minimum absolute atomic E-state index is 0.170. The van der Waals surface area contributed by atoms with Gasteiger partial charge in [-0.15, -0.1) is 0 Å². The molecule has 0 fully saturated rings. The predicted molar refractivity (Wildman–Crippen MR) is 56.9 cm³/mol. The number of hydrogen-bond acceptors (Lipinski definition) is 3. The highest BCUT2D eigenvalue weighted by molar-refractivity contribution is 5.72. The Kier molecular flexibility index (Phi) is 4.25. The molecule has 0 heterocycles. The molecule has 0 saturated carbocycles. The smallest absolute Gasteiger partial charge is 0.320 e. The van der Waals surface area contributed by atoms with Crippen LogP contribution in [-0.4, -0.2) is 24.2 Å². The van der Waals surface area contributed by atoms with E-state index in [4.69, 9.17) is 9.84 Å². The first-order chi connectivity index (χ1) is 7.54. The number of carboxylic acid groups (broad SMARTS) is 1. The third-order valence-corrected chi connectivity index (χ3v) is 2.23. The standard InChI is InChI=1S/C11H14FNO3/c1-7(11(14)15)13-6-8-3-4-9(16-2)5-10(8)12/h3-5,7,13H,6H2,1-2H3,(H,14,15)/t7-/m1/s1. The zero-order chi connectivity index (χ0) is 12.1. The zero-order valence-corrected chi connectivity index (χ0v) is 9.16. The highest BCUT2D eigenvalue weighted by atomic mass is 19.1. The average Bonchev–Trinajstić information content (AvgIpc) is 2.26. The minimum Gasteiger partial charge on any atom is -0.497 e. The number of benzene rings is 1. The number of ether oxygens (including phenoxy) is 1. The van der Waals surface area contributed by atoms with Gasteiger partial charge in [0, 0.05) is 18.2 Å². The van der Waals surface area contributed by atoms with Crippen molar-refractivity contribution >= 4 is 5.97 Å². The molecule has 0 unspecified atom stereocenters. The summed E-state index contributed by atoms with van der Waals surface area (Å²) in [6.45, 7) is 1.67. The molecule has 1 aromatic carbocycles. The number of halogens is 1. The summed E-state index contributed by atoms with van der Waals surface area (Å²) in [6.07, 6.45) is 0. The van der Waals surface area contributed by atoms with Crippen LogP contribution >= 0.6 is 0 Å². The summed E-state index contributed by atoms with van der Waals surface area (Å²) in [6, 6.07) is 3.76. The Labute approximate surface area is 93.0 Å². The first-order valence-electron chi connectivity index (χ1n) is 4.83. The lowest BCUT2D eigenvalue weighted by Gasteiger charge is -2.10. The van der Waals surface area contributed by atoms with Gasteiger partial charge in [0.05, 0.1) is 7.11 Å². The summed E-state index contributed by atoms with van der Waals surface area (Å²) in [5.74, 6) is -0.939. The highest BCUT2D eigenvalue weighted by Crippen LogP contribution is 2.16. The zero-order valence-electron chi connectivity index (χ0n) is 9.16. The van der Waals surface area contributed by atoms with Gasteiger partial charge in [-0.2, -0.15) is 0 Å². The molecule has 0 spiro atoms. The lowest BCUT2D eigenvalue weighted by atomic mass is 10.2. The van der Waals surface area contributed by atoms with Gasteiger partial charge < -0.3 is 15.2 Å². The number of rotatable bonds is 5. The van der Waals surface area contributed by atoms with Crippen molar-refractivity contribution in [2.24, 2.45) is 0 Å². The van der Waals surface area contributed by atoms with Gasteiger partial charge in [-0.05, 0) is 13.0 Å². The van der Waals surface area contributed by atoms with Crippen LogP contribution < -0.4 is 10.1 Å². The molecule has 88 valence electrons. The van der Waals surface area contributed by atoms with E-state index in [-0.39, 0.29) is 6.54 Å². The molecule has 0 aliphatic heterocycles. The predicted octanol–water partition coefficient (Wildman–Crippen LogP) is 1.40. The summed E-state index contributed by atoms with van der Waals surface area (Å²) in [5.41, 5.74) is 0.411. The monoisotopic (exact) mass is 227 g/mol. The summed E-state index contributed by atoms with van der Waals surface area (Å²) in [5, 5.41) is 11.3. The minimum atomic E-state index is -0.964. The lowest BCUT2D eigenvalue weighted by molar-refractivity contribution is -0.139. The quantitative estimate of drug-likeness (QED) is 0.798. The normalized spacial score (nSPS) is 12.2. The van der Waals surface area contributed by atoms with Crippen molar-refractivity contribution in [2.45, 2.75) is 19.5 Å². The number of carboxylic acids is 1. The van der Waals surface area contributed by atoms with Crippen molar-refractivity contribution in [3.05, 3.63) is 29.6 Å². The molecule has 4 nitrogen and oxygen atoms in total. The Morgan fingerprint density at radius 1 is 1.62 bits per heavy atom. The molecule has 0 bridgehead atoms. The second-order valence-electron chi connectivity index (χ2n) is 3.40. The molecule has 1 aromatic rings. The van der Waals surface area contributed by atoms with E-state index in [0.29, 0.717) is 11.3 Å². The van der Waals surface area contributed by atoms with E-state index in [1.807, 2.05) is 0 Å². The molecule has 0 radical (unpaired) electrons. The van der Waals surface area contributed by atoms with Crippen molar-refractivity contribution < 1.29 is 19.0 Å². The summed E-state index contributed by atoms with van der Waals surface area (Å²) in [4.78, 5) is 10.5. The van der Waals surface area contributed by atoms with Crippen LogP contribution in [0.25, 0.3) is 0 Å². The maximum Gasteiger partial charge on any atom is 0.320 e. The number of nitrogens with one attached hydrogen (secondary N) is 1. The fourth-order valence-corrected chi connectivity index (χ4v) is 1.15. The second-order valence-corrected chi connectivity index (χ2v) is 3.40. The maximum absolute atomic E-state index is 13.4. The molecule has 0 aromatic heterocycles. The Morgan fingerprint density at radius 2 is 2.31 bits per heavy atom. The van der Waals surface area contributed by atoms with Crippen molar-refractivity contribution in [1.29, 1.82) is 0 Å². The Morgan fingerprint density at radius 3 is 2.81 bits per heavy atom. The van der Waals surface area contributed by atoms with Crippen LogP contribution in [0.5, 0.6) is 5.75 Å². The fourth-order valence-electron chi connectivity index (χ4n) is 1.15. The lowest BCUT2D eigenvalue weighted by Crippen LogP contribution is -2.33. The molecule has 1 rings (SSSR count). The van der Waals surface area contributed by atoms with E-state index < -0.39 is 17.8 Å². The van der Waals surface area contributed by atoms with Gasteiger partial charge >= 0.3 is 5.97 Å².